The van der Waals surface area contributed by atoms with Gasteiger partial charge in [-0.3, -0.25) is 0 Å². The van der Waals surface area contributed by atoms with Crippen LogP contribution < -0.4 is 0 Å². The van der Waals surface area contributed by atoms with Crippen LogP contribution in [0.25, 0.3) is 5.69 Å². The lowest BCUT2D eigenvalue weighted by molar-refractivity contribution is 0.774. The van der Waals surface area contributed by atoms with Crippen molar-refractivity contribution in [3.8, 4) is 11.8 Å². The van der Waals surface area contributed by atoms with E-state index in [9.17, 15) is 0 Å². The molecule has 0 aliphatic carbocycles. The first-order valence-electron chi connectivity index (χ1n) is 4.11. The van der Waals surface area contributed by atoms with Crippen LogP contribution in [-0.4, -0.2) is 20.2 Å². The van der Waals surface area contributed by atoms with Gasteiger partial charge in [-0.15, -0.1) is 5.10 Å². The second kappa shape index (κ2) is 3.66. The fourth-order valence-electron chi connectivity index (χ4n) is 1.16. The molecule has 0 spiro atoms. The Labute approximate surface area is 80.6 Å². The third kappa shape index (κ3) is 1.45. The quantitative estimate of drug-likeness (QED) is 0.691. The lowest BCUT2D eigenvalue weighted by Crippen LogP contribution is -2.01. The number of tetrazole rings is 1. The molecule has 14 heavy (non-hydrogen) atoms. The molecule has 0 aliphatic heterocycles. The molecule has 0 saturated heterocycles. The van der Waals surface area contributed by atoms with Gasteiger partial charge >= 0.3 is 0 Å². The van der Waals surface area contributed by atoms with E-state index < -0.39 is 0 Å². The Balaban J connectivity index is 2.43. The van der Waals surface area contributed by atoms with Crippen molar-refractivity contribution in [2.75, 3.05) is 0 Å². The van der Waals surface area contributed by atoms with Crippen LogP contribution in [0.1, 0.15) is 5.82 Å². The van der Waals surface area contributed by atoms with E-state index in [1.54, 1.807) is 4.68 Å². The number of nitrogens with zero attached hydrogens (tertiary/aromatic N) is 5. The normalized spacial score (nSPS) is 9.64. The Kier molecular flexibility index (Phi) is 2.19. The van der Waals surface area contributed by atoms with Gasteiger partial charge in [0.15, 0.2) is 5.82 Å². The van der Waals surface area contributed by atoms with Gasteiger partial charge < -0.3 is 0 Å². The van der Waals surface area contributed by atoms with Gasteiger partial charge in [0.2, 0.25) is 0 Å². The molecule has 0 N–H and O–H groups in total. The number of hydrogen-bond acceptors (Lipinski definition) is 4. The minimum atomic E-state index is 0.210. The molecule has 0 saturated carbocycles. The minimum absolute atomic E-state index is 0.210. The SMILES string of the molecule is N#CCc1nnnn1-c1ccccc1. The van der Waals surface area contributed by atoms with Crippen molar-refractivity contribution < 1.29 is 0 Å². The van der Waals surface area contributed by atoms with Gasteiger partial charge in [0.1, 0.15) is 0 Å². The van der Waals surface area contributed by atoms with Crippen molar-refractivity contribution in [3.05, 3.63) is 36.2 Å². The number of benzene rings is 1. The predicted molar refractivity (Wildman–Crippen MR) is 48.5 cm³/mol. The molecule has 0 unspecified atom stereocenters. The summed E-state index contributed by atoms with van der Waals surface area (Å²) in [6.45, 7) is 0. The number of aromatic nitrogens is 4. The van der Waals surface area contributed by atoms with Crippen LogP contribution in [-0.2, 0) is 6.42 Å². The second-order valence-corrected chi connectivity index (χ2v) is 2.68. The summed E-state index contributed by atoms with van der Waals surface area (Å²) in [4.78, 5) is 0. The van der Waals surface area contributed by atoms with E-state index >= 15 is 0 Å². The van der Waals surface area contributed by atoms with Crippen molar-refractivity contribution in [1.29, 1.82) is 5.26 Å². The third-order valence-corrected chi connectivity index (χ3v) is 1.77. The maximum atomic E-state index is 8.55. The van der Waals surface area contributed by atoms with Gasteiger partial charge in [0, 0.05) is 0 Å². The number of hydrogen-bond donors (Lipinski definition) is 0. The molecule has 0 atom stereocenters. The molecular weight excluding hydrogens is 178 g/mol. The Hall–Kier alpha value is -2.22. The lowest BCUT2D eigenvalue weighted by Gasteiger charge is -2.00. The second-order valence-electron chi connectivity index (χ2n) is 2.68. The molecule has 2 rings (SSSR count). The van der Waals surface area contributed by atoms with E-state index in [4.69, 9.17) is 5.26 Å². The van der Waals surface area contributed by atoms with E-state index in [0.717, 1.165) is 5.69 Å². The highest BCUT2D eigenvalue weighted by molar-refractivity contribution is 5.30. The van der Waals surface area contributed by atoms with Gasteiger partial charge in [-0.05, 0) is 22.6 Å². The molecule has 0 fully saturated rings. The summed E-state index contributed by atoms with van der Waals surface area (Å²) in [5.41, 5.74) is 0.864. The molecule has 68 valence electrons. The standard InChI is InChI=1S/C9H7N5/c10-7-6-9-11-12-13-14(9)8-4-2-1-3-5-8/h1-5H,6H2. The van der Waals surface area contributed by atoms with Crippen LogP contribution in [0.5, 0.6) is 0 Å². The Morgan fingerprint density at radius 3 is 2.79 bits per heavy atom. The van der Waals surface area contributed by atoms with Crippen LogP contribution in [0.2, 0.25) is 0 Å². The number of para-hydroxylation sites is 1. The van der Waals surface area contributed by atoms with Crippen LogP contribution in [0.3, 0.4) is 0 Å². The molecule has 1 aromatic carbocycles. The smallest absolute Gasteiger partial charge is 0.170 e. The molecular formula is C9H7N5. The summed E-state index contributed by atoms with van der Waals surface area (Å²) in [6.07, 6.45) is 0.210. The van der Waals surface area contributed by atoms with Crippen LogP contribution in [0.4, 0.5) is 0 Å². The van der Waals surface area contributed by atoms with E-state index in [1.165, 1.54) is 0 Å². The van der Waals surface area contributed by atoms with E-state index in [0.29, 0.717) is 5.82 Å². The molecule has 5 nitrogen and oxygen atoms in total. The molecule has 0 amide bonds. The Morgan fingerprint density at radius 2 is 2.07 bits per heavy atom. The monoisotopic (exact) mass is 185 g/mol. The minimum Gasteiger partial charge on any atom is -0.198 e. The summed E-state index contributed by atoms with van der Waals surface area (Å²) < 4.78 is 1.56. The van der Waals surface area contributed by atoms with Crippen molar-refractivity contribution in [3.63, 3.8) is 0 Å². The van der Waals surface area contributed by atoms with Gasteiger partial charge in [-0.2, -0.15) is 9.94 Å². The highest BCUT2D eigenvalue weighted by Crippen LogP contribution is 2.06. The van der Waals surface area contributed by atoms with Crippen LogP contribution >= 0.6 is 0 Å². The number of rotatable bonds is 2. The van der Waals surface area contributed by atoms with Crippen molar-refractivity contribution in [2.24, 2.45) is 0 Å². The average Bonchev–Trinajstić information content (AvgIpc) is 2.68. The van der Waals surface area contributed by atoms with Crippen molar-refractivity contribution >= 4 is 0 Å². The first-order chi connectivity index (χ1) is 6.92. The van der Waals surface area contributed by atoms with Gasteiger partial charge in [-0.1, -0.05) is 18.2 Å². The maximum absolute atomic E-state index is 8.55. The highest BCUT2D eigenvalue weighted by atomic mass is 15.5. The van der Waals surface area contributed by atoms with Gasteiger partial charge in [0.25, 0.3) is 0 Å². The Morgan fingerprint density at radius 1 is 1.29 bits per heavy atom. The summed E-state index contributed by atoms with van der Waals surface area (Å²) >= 11 is 0. The first-order valence-corrected chi connectivity index (χ1v) is 4.11. The largest absolute Gasteiger partial charge is 0.198 e. The third-order valence-electron chi connectivity index (χ3n) is 1.77. The average molecular weight is 185 g/mol. The van der Waals surface area contributed by atoms with E-state index in [1.807, 2.05) is 36.4 Å². The lowest BCUT2D eigenvalue weighted by atomic mass is 10.3. The first kappa shape index (κ1) is 8.38. The van der Waals surface area contributed by atoms with Crippen LogP contribution in [0, 0.1) is 11.3 Å². The maximum Gasteiger partial charge on any atom is 0.170 e. The predicted octanol–water partition coefficient (Wildman–Crippen LogP) is 0.728. The highest BCUT2D eigenvalue weighted by Gasteiger charge is 2.05. The van der Waals surface area contributed by atoms with Crippen molar-refractivity contribution in [2.45, 2.75) is 6.42 Å². The molecule has 0 bridgehead atoms. The van der Waals surface area contributed by atoms with Crippen LogP contribution in [0.15, 0.2) is 30.3 Å². The fourth-order valence-corrected chi connectivity index (χ4v) is 1.16. The molecule has 0 aliphatic rings. The summed E-state index contributed by atoms with van der Waals surface area (Å²) in [6, 6.07) is 11.5. The molecule has 5 heteroatoms. The van der Waals surface area contributed by atoms with Gasteiger partial charge in [-0.25, -0.2) is 0 Å². The van der Waals surface area contributed by atoms with Crippen molar-refractivity contribution in [1.82, 2.24) is 20.2 Å². The zero-order chi connectivity index (χ0) is 9.80. The van der Waals surface area contributed by atoms with E-state index in [2.05, 4.69) is 15.5 Å². The molecule has 1 aromatic heterocycles. The Bertz CT molecular complexity index is 454. The van der Waals surface area contributed by atoms with E-state index in [-0.39, 0.29) is 6.42 Å². The zero-order valence-electron chi connectivity index (χ0n) is 7.33. The summed E-state index contributed by atoms with van der Waals surface area (Å²) in [5.74, 6) is 0.554. The van der Waals surface area contributed by atoms with Gasteiger partial charge in [0.05, 0.1) is 18.2 Å². The molecule has 0 radical (unpaired) electrons. The fraction of sp³-hybridized carbons (Fsp3) is 0.111. The number of nitriles is 1. The molecule has 1 heterocycles. The topological polar surface area (TPSA) is 67.4 Å². The summed E-state index contributed by atoms with van der Waals surface area (Å²) in [7, 11) is 0. The summed E-state index contributed by atoms with van der Waals surface area (Å²) in [5, 5.41) is 19.7. The zero-order valence-corrected chi connectivity index (χ0v) is 7.33. The molecule has 2 aromatic rings.